The van der Waals surface area contributed by atoms with Crippen molar-refractivity contribution >= 4 is 0 Å². The molecule has 1 aliphatic carbocycles. The largest absolute Gasteiger partial charge is 0.378 e. The molecule has 1 rings (SSSR count). The van der Waals surface area contributed by atoms with E-state index < -0.39 is 0 Å². The van der Waals surface area contributed by atoms with Gasteiger partial charge in [0, 0.05) is 19.1 Å². The third-order valence-corrected chi connectivity index (χ3v) is 2.17. The molecule has 0 saturated heterocycles. The van der Waals surface area contributed by atoms with Crippen molar-refractivity contribution in [3.8, 4) is 6.07 Å². The summed E-state index contributed by atoms with van der Waals surface area (Å²) >= 11 is 0. The first-order valence-corrected chi connectivity index (χ1v) is 4.57. The Morgan fingerprint density at radius 1 is 1.42 bits per heavy atom. The summed E-state index contributed by atoms with van der Waals surface area (Å²) in [6, 6.07) is 2.48. The van der Waals surface area contributed by atoms with Gasteiger partial charge in [-0.1, -0.05) is 0 Å². The SMILES string of the molecule is N#CCCCCOC1CC(N)C1. The molecule has 1 saturated carbocycles. The van der Waals surface area contributed by atoms with E-state index in [1.165, 1.54) is 0 Å². The molecule has 0 aromatic heterocycles. The molecular weight excluding hydrogens is 152 g/mol. The van der Waals surface area contributed by atoms with Gasteiger partial charge in [0.25, 0.3) is 0 Å². The van der Waals surface area contributed by atoms with Crippen LogP contribution >= 0.6 is 0 Å². The van der Waals surface area contributed by atoms with E-state index in [-0.39, 0.29) is 0 Å². The van der Waals surface area contributed by atoms with Gasteiger partial charge < -0.3 is 10.5 Å². The Morgan fingerprint density at radius 2 is 2.17 bits per heavy atom. The van der Waals surface area contributed by atoms with Crippen LogP contribution < -0.4 is 5.73 Å². The molecule has 0 heterocycles. The monoisotopic (exact) mass is 168 g/mol. The predicted octanol–water partition coefficient (Wildman–Crippen LogP) is 1.19. The van der Waals surface area contributed by atoms with Gasteiger partial charge >= 0.3 is 0 Å². The molecule has 0 atom stereocenters. The molecule has 0 spiro atoms. The minimum Gasteiger partial charge on any atom is -0.378 e. The minimum atomic E-state index is 0.370. The minimum absolute atomic E-state index is 0.370. The van der Waals surface area contributed by atoms with Crippen LogP contribution in [0.3, 0.4) is 0 Å². The number of nitrogens with zero attached hydrogens (tertiary/aromatic N) is 1. The second-order valence-electron chi connectivity index (χ2n) is 3.34. The van der Waals surface area contributed by atoms with Gasteiger partial charge in [0.1, 0.15) is 0 Å². The van der Waals surface area contributed by atoms with Gasteiger partial charge in [-0.15, -0.1) is 0 Å². The highest BCUT2D eigenvalue weighted by atomic mass is 16.5. The van der Waals surface area contributed by atoms with Gasteiger partial charge in [-0.3, -0.25) is 0 Å². The van der Waals surface area contributed by atoms with Gasteiger partial charge in [0.05, 0.1) is 12.2 Å². The van der Waals surface area contributed by atoms with Crippen molar-refractivity contribution in [3.63, 3.8) is 0 Å². The highest BCUT2D eigenvalue weighted by Gasteiger charge is 2.25. The van der Waals surface area contributed by atoms with Gasteiger partial charge in [-0.2, -0.15) is 5.26 Å². The molecule has 2 N–H and O–H groups in total. The molecule has 12 heavy (non-hydrogen) atoms. The van der Waals surface area contributed by atoms with E-state index in [9.17, 15) is 0 Å². The van der Waals surface area contributed by atoms with Crippen LogP contribution in [0.2, 0.25) is 0 Å². The summed E-state index contributed by atoms with van der Waals surface area (Å²) in [4.78, 5) is 0. The van der Waals surface area contributed by atoms with E-state index in [2.05, 4.69) is 6.07 Å². The Bertz CT molecular complexity index is 158. The Kier molecular flexibility index (Phi) is 4.06. The summed E-state index contributed by atoms with van der Waals surface area (Å²) in [5.74, 6) is 0. The normalized spacial score (nSPS) is 27.7. The van der Waals surface area contributed by atoms with E-state index >= 15 is 0 Å². The standard InChI is InChI=1S/C9H16N2O/c10-4-2-1-3-5-12-9-6-8(11)7-9/h8-9H,1-3,5-7,11H2. The maximum absolute atomic E-state index is 8.26. The molecule has 68 valence electrons. The number of hydrogen-bond donors (Lipinski definition) is 1. The lowest BCUT2D eigenvalue weighted by atomic mass is 9.90. The molecule has 3 heteroatoms. The summed E-state index contributed by atoms with van der Waals surface area (Å²) in [6.45, 7) is 0.791. The predicted molar refractivity (Wildman–Crippen MR) is 46.4 cm³/mol. The van der Waals surface area contributed by atoms with Crippen molar-refractivity contribution < 1.29 is 4.74 Å². The number of nitrogens with two attached hydrogens (primary N) is 1. The summed E-state index contributed by atoms with van der Waals surface area (Å²) in [7, 11) is 0. The van der Waals surface area contributed by atoms with E-state index in [0.29, 0.717) is 18.6 Å². The number of ether oxygens (including phenoxy) is 1. The Labute approximate surface area is 73.5 Å². The molecule has 1 fully saturated rings. The maximum Gasteiger partial charge on any atom is 0.0621 e. The second-order valence-corrected chi connectivity index (χ2v) is 3.34. The van der Waals surface area contributed by atoms with Crippen LogP contribution in [0.25, 0.3) is 0 Å². The van der Waals surface area contributed by atoms with Crippen LogP contribution in [-0.2, 0) is 4.74 Å². The third-order valence-electron chi connectivity index (χ3n) is 2.17. The van der Waals surface area contributed by atoms with Crippen molar-refractivity contribution in [2.24, 2.45) is 5.73 Å². The van der Waals surface area contributed by atoms with Gasteiger partial charge in [0.2, 0.25) is 0 Å². The molecule has 0 amide bonds. The smallest absolute Gasteiger partial charge is 0.0621 e. The average molecular weight is 168 g/mol. The highest BCUT2D eigenvalue weighted by molar-refractivity contribution is 4.82. The molecule has 0 aromatic rings. The van der Waals surface area contributed by atoms with Crippen molar-refractivity contribution in [1.29, 1.82) is 5.26 Å². The number of nitriles is 1. The average Bonchev–Trinajstić information content (AvgIpc) is 2.00. The molecule has 0 aromatic carbocycles. The van der Waals surface area contributed by atoms with Crippen LogP contribution in [0.4, 0.5) is 0 Å². The van der Waals surface area contributed by atoms with Crippen LogP contribution in [0, 0.1) is 11.3 Å². The van der Waals surface area contributed by atoms with Crippen molar-refractivity contribution in [1.82, 2.24) is 0 Å². The molecule has 0 radical (unpaired) electrons. The molecule has 0 bridgehead atoms. The van der Waals surface area contributed by atoms with Crippen LogP contribution in [0.1, 0.15) is 32.1 Å². The lowest BCUT2D eigenvalue weighted by Gasteiger charge is -2.32. The topological polar surface area (TPSA) is 59.0 Å². The third kappa shape index (κ3) is 3.21. The maximum atomic E-state index is 8.26. The molecule has 1 aliphatic rings. The fraction of sp³-hybridized carbons (Fsp3) is 0.889. The number of rotatable bonds is 5. The first-order chi connectivity index (χ1) is 5.83. The van der Waals surface area contributed by atoms with Gasteiger partial charge in [-0.25, -0.2) is 0 Å². The Balaban J connectivity index is 1.81. The van der Waals surface area contributed by atoms with Crippen LogP contribution in [0.5, 0.6) is 0 Å². The molecule has 3 nitrogen and oxygen atoms in total. The van der Waals surface area contributed by atoms with Gasteiger partial charge in [0.15, 0.2) is 0 Å². The number of unbranched alkanes of at least 4 members (excludes halogenated alkanes) is 2. The summed E-state index contributed by atoms with van der Waals surface area (Å²) in [6.07, 6.45) is 5.03. The quantitative estimate of drug-likeness (QED) is 0.627. The lowest BCUT2D eigenvalue weighted by Crippen LogP contribution is -2.41. The summed E-state index contributed by atoms with van der Waals surface area (Å²) in [5.41, 5.74) is 5.60. The lowest BCUT2D eigenvalue weighted by molar-refractivity contribution is -0.00958. The van der Waals surface area contributed by atoms with Crippen LogP contribution in [0.15, 0.2) is 0 Å². The zero-order chi connectivity index (χ0) is 8.81. The summed E-state index contributed by atoms with van der Waals surface area (Å²) < 4.78 is 5.51. The Hall–Kier alpha value is -0.590. The first-order valence-electron chi connectivity index (χ1n) is 4.57. The fourth-order valence-corrected chi connectivity index (χ4v) is 1.30. The van der Waals surface area contributed by atoms with Gasteiger partial charge in [-0.05, 0) is 25.7 Å². The molecular formula is C9H16N2O. The van der Waals surface area contributed by atoms with E-state index in [1.807, 2.05) is 0 Å². The summed E-state index contributed by atoms with van der Waals surface area (Å²) in [5, 5.41) is 8.26. The molecule has 0 aliphatic heterocycles. The zero-order valence-corrected chi connectivity index (χ0v) is 7.33. The first kappa shape index (κ1) is 9.50. The van der Waals surface area contributed by atoms with Crippen molar-refractivity contribution in [3.05, 3.63) is 0 Å². The highest BCUT2D eigenvalue weighted by Crippen LogP contribution is 2.21. The van der Waals surface area contributed by atoms with Crippen molar-refractivity contribution in [2.45, 2.75) is 44.2 Å². The fourth-order valence-electron chi connectivity index (χ4n) is 1.30. The second kappa shape index (κ2) is 5.13. The number of hydrogen-bond acceptors (Lipinski definition) is 3. The van der Waals surface area contributed by atoms with E-state index in [0.717, 1.165) is 32.3 Å². The van der Waals surface area contributed by atoms with E-state index in [1.54, 1.807) is 0 Å². The molecule has 0 unspecified atom stereocenters. The zero-order valence-electron chi connectivity index (χ0n) is 7.33. The van der Waals surface area contributed by atoms with Crippen LogP contribution in [-0.4, -0.2) is 18.8 Å². The van der Waals surface area contributed by atoms with Crippen molar-refractivity contribution in [2.75, 3.05) is 6.61 Å². The van der Waals surface area contributed by atoms with E-state index in [4.69, 9.17) is 15.7 Å². The Morgan fingerprint density at radius 3 is 2.75 bits per heavy atom.